The monoisotopic (exact) mass is 441 g/mol. The maximum absolute atomic E-state index is 13.9. The van der Waals surface area contributed by atoms with E-state index < -0.39 is 6.17 Å². The van der Waals surface area contributed by atoms with E-state index >= 15 is 0 Å². The van der Waals surface area contributed by atoms with E-state index in [9.17, 15) is 4.39 Å². The number of alkyl halides is 1. The van der Waals surface area contributed by atoms with E-state index in [0.717, 1.165) is 37.3 Å². The zero-order valence-electron chi connectivity index (χ0n) is 19.3. The normalized spacial score (nSPS) is 21.0. The lowest BCUT2D eigenvalue weighted by Gasteiger charge is -2.28. The van der Waals surface area contributed by atoms with Crippen LogP contribution in [0, 0.1) is 0 Å². The summed E-state index contributed by atoms with van der Waals surface area (Å²) >= 11 is 0. The highest BCUT2D eigenvalue weighted by Crippen LogP contribution is 2.30. The summed E-state index contributed by atoms with van der Waals surface area (Å²) in [7, 11) is 2.16. The number of aromatic nitrogens is 6. The summed E-state index contributed by atoms with van der Waals surface area (Å²) in [5, 5.41) is 8.02. The third-order valence-electron chi connectivity index (χ3n) is 6.45. The van der Waals surface area contributed by atoms with E-state index in [2.05, 4.69) is 52.8 Å². The summed E-state index contributed by atoms with van der Waals surface area (Å²) in [5.74, 6) is 1.16. The fourth-order valence-corrected chi connectivity index (χ4v) is 4.51. The Bertz CT molecular complexity index is 1090. The highest BCUT2D eigenvalue weighted by Gasteiger charge is 2.27. The molecule has 0 saturated carbocycles. The largest absolute Gasteiger partial charge is 0.338 e. The molecule has 2 aliphatic heterocycles. The number of imidazole rings is 1. The van der Waals surface area contributed by atoms with Gasteiger partial charge in [0.1, 0.15) is 6.17 Å². The molecule has 32 heavy (non-hydrogen) atoms. The van der Waals surface area contributed by atoms with Crippen LogP contribution in [0.5, 0.6) is 0 Å². The van der Waals surface area contributed by atoms with Crippen LogP contribution in [0.4, 0.5) is 21.8 Å². The SMILES string of the molecule is CN1CCC(n2cc(Nc3nc(N4CCC(F)C4)nc4c3ncn4C(C)(C)C)cn2)CC1. The van der Waals surface area contributed by atoms with Crippen molar-refractivity contribution in [2.24, 2.45) is 0 Å². The van der Waals surface area contributed by atoms with Crippen molar-refractivity contribution in [1.29, 1.82) is 0 Å². The van der Waals surface area contributed by atoms with E-state index in [1.54, 1.807) is 6.33 Å². The fraction of sp³-hybridized carbons (Fsp3) is 0.636. The van der Waals surface area contributed by atoms with Crippen LogP contribution in [-0.2, 0) is 5.54 Å². The third-order valence-corrected chi connectivity index (χ3v) is 6.45. The van der Waals surface area contributed by atoms with Crippen molar-refractivity contribution in [2.75, 3.05) is 43.4 Å². The Labute approximate surface area is 187 Å². The van der Waals surface area contributed by atoms with Gasteiger partial charge in [-0.2, -0.15) is 15.1 Å². The molecule has 0 bridgehead atoms. The van der Waals surface area contributed by atoms with Crippen LogP contribution in [0.1, 0.15) is 46.1 Å². The average Bonchev–Trinajstić information content (AvgIpc) is 3.47. The van der Waals surface area contributed by atoms with Crippen molar-refractivity contribution in [3.8, 4) is 0 Å². The third kappa shape index (κ3) is 4.03. The summed E-state index contributed by atoms with van der Waals surface area (Å²) in [6, 6.07) is 0.411. The lowest BCUT2D eigenvalue weighted by atomic mass is 10.1. The predicted molar refractivity (Wildman–Crippen MR) is 123 cm³/mol. The fourth-order valence-electron chi connectivity index (χ4n) is 4.51. The first kappa shape index (κ1) is 21.1. The van der Waals surface area contributed by atoms with Gasteiger partial charge in [0, 0.05) is 18.3 Å². The number of hydrogen-bond donors (Lipinski definition) is 1. The summed E-state index contributed by atoms with van der Waals surface area (Å²) in [5.41, 5.74) is 2.12. The predicted octanol–water partition coefficient (Wildman–Crippen LogP) is 3.34. The molecule has 0 spiro atoms. The van der Waals surface area contributed by atoms with Gasteiger partial charge in [-0.25, -0.2) is 9.37 Å². The van der Waals surface area contributed by atoms with Crippen LogP contribution in [0.2, 0.25) is 0 Å². The van der Waals surface area contributed by atoms with E-state index in [4.69, 9.17) is 9.97 Å². The molecule has 3 aromatic heterocycles. The number of halogens is 1. The highest BCUT2D eigenvalue weighted by atomic mass is 19.1. The molecule has 0 amide bonds. The highest BCUT2D eigenvalue weighted by molar-refractivity contribution is 5.86. The number of likely N-dealkylation sites (tertiary alicyclic amines) is 1. The summed E-state index contributed by atoms with van der Waals surface area (Å²) in [6.45, 7) is 9.44. The minimum absolute atomic E-state index is 0.190. The number of anilines is 3. The Kier molecular flexibility index (Phi) is 5.27. The second-order valence-corrected chi connectivity index (χ2v) is 10.0. The smallest absolute Gasteiger partial charge is 0.229 e. The zero-order valence-corrected chi connectivity index (χ0v) is 19.3. The molecular weight excluding hydrogens is 409 g/mol. The molecule has 9 nitrogen and oxygen atoms in total. The van der Waals surface area contributed by atoms with Crippen LogP contribution in [0.3, 0.4) is 0 Å². The molecule has 5 heterocycles. The molecule has 3 aromatic rings. The van der Waals surface area contributed by atoms with E-state index in [1.165, 1.54) is 0 Å². The Morgan fingerprint density at radius 1 is 1.09 bits per heavy atom. The number of hydrogen-bond acceptors (Lipinski definition) is 7. The van der Waals surface area contributed by atoms with Crippen molar-refractivity contribution in [3.05, 3.63) is 18.7 Å². The van der Waals surface area contributed by atoms with Gasteiger partial charge in [-0.1, -0.05) is 0 Å². The van der Waals surface area contributed by atoms with Crippen LogP contribution in [-0.4, -0.2) is 73.6 Å². The van der Waals surface area contributed by atoms with Crippen LogP contribution >= 0.6 is 0 Å². The van der Waals surface area contributed by atoms with Gasteiger partial charge in [0.05, 0.1) is 30.8 Å². The van der Waals surface area contributed by atoms with Crippen molar-refractivity contribution in [1.82, 2.24) is 34.2 Å². The lowest BCUT2D eigenvalue weighted by Crippen LogP contribution is -2.31. The number of nitrogens with zero attached hydrogens (tertiary/aromatic N) is 8. The van der Waals surface area contributed by atoms with E-state index in [-0.39, 0.29) is 5.54 Å². The summed E-state index contributed by atoms with van der Waals surface area (Å²) in [6.07, 6.45) is 7.53. The molecule has 0 aromatic carbocycles. The molecule has 2 saturated heterocycles. The molecule has 2 aliphatic rings. The number of piperidine rings is 1. The van der Waals surface area contributed by atoms with Gasteiger partial charge in [0.25, 0.3) is 0 Å². The Hall–Kier alpha value is -2.75. The first-order chi connectivity index (χ1) is 15.3. The maximum atomic E-state index is 13.9. The Morgan fingerprint density at radius 3 is 2.56 bits per heavy atom. The quantitative estimate of drug-likeness (QED) is 0.665. The molecule has 172 valence electrons. The van der Waals surface area contributed by atoms with Crippen LogP contribution in [0.15, 0.2) is 18.7 Å². The Balaban J connectivity index is 1.48. The second kappa shape index (κ2) is 7.99. The van der Waals surface area contributed by atoms with Gasteiger partial charge in [0.2, 0.25) is 5.95 Å². The molecule has 0 radical (unpaired) electrons. The average molecular weight is 442 g/mol. The molecule has 1 N–H and O–H groups in total. The number of fused-ring (bicyclic) bond motifs is 1. The summed E-state index contributed by atoms with van der Waals surface area (Å²) in [4.78, 5) is 18.4. The van der Waals surface area contributed by atoms with Crippen LogP contribution in [0.25, 0.3) is 11.2 Å². The zero-order chi connectivity index (χ0) is 22.5. The van der Waals surface area contributed by atoms with Gasteiger partial charge in [0.15, 0.2) is 17.0 Å². The maximum Gasteiger partial charge on any atom is 0.229 e. The van der Waals surface area contributed by atoms with Gasteiger partial charge in [-0.15, -0.1) is 0 Å². The number of nitrogens with one attached hydrogen (secondary N) is 1. The van der Waals surface area contributed by atoms with Gasteiger partial charge >= 0.3 is 0 Å². The minimum Gasteiger partial charge on any atom is -0.338 e. The first-order valence-electron chi connectivity index (χ1n) is 11.4. The molecule has 2 fully saturated rings. The molecule has 10 heteroatoms. The molecule has 5 rings (SSSR count). The van der Waals surface area contributed by atoms with Crippen molar-refractivity contribution >= 4 is 28.6 Å². The van der Waals surface area contributed by atoms with E-state index in [1.807, 2.05) is 21.9 Å². The van der Waals surface area contributed by atoms with Crippen molar-refractivity contribution in [3.63, 3.8) is 0 Å². The van der Waals surface area contributed by atoms with Gasteiger partial charge < -0.3 is 19.7 Å². The number of rotatable bonds is 4. The van der Waals surface area contributed by atoms with Crippen molar-refractivity contribution < 1.29 is 4.39 Å². The molecule has 0 aliphatic carbocycles. The van der Waals surface area contributed by atoms with Crippen LogP contribution < -0.4 is 10.2 Å². The first-order valence-corrected chi connectivity index (χ1v) is 11.4. The summed E-state index contributed by atoms with van der Waals surface area (Å²) < 4.78 is 18.0. The van der Waals surface area contributed by atoms with Crippen molar-refractivity contribution in [2.45, 2.75) is 57.8 Å². The topological polar surface area (TPSA) is 79.9 Å². The van der Waals surface area contributed by atoms with Gasteiger partial charge in [-0.05, 0) is 60.2 Å². The molecular formula is C22H32FN9. The van der Waals surface area contributed by atoms with Gasteiger partial charge in [-0.3, -0.25) is 4.68 Å². The van der Waals surface area contributed by atoms with E-state index in [0.29, 0.717) is 42.8 Å². The molecule has 1 atom stereocenters. The second-order valence-electron chi connectivity index (χ2n) is 10.0. The Morgan fingerprint density at radius 2 is 1.88 bits per heavy atom. The lowest BCUT2D eigenvalue weighted by molar-refractivity contribution is 0.212. The molecule has 1 unspecified atom stereocenters. The minimum atomic E-state index is -0.842. The standard InChI is InChI=1S/C22H32FN9/c1-22(2,3)31-14-24-18-19(27-21(28-20(18)31)30-10-5-15(23)12-30)26-16-11-25-32(13-16)17-6-8-29(4)9-7-17/h11,13-15,17H,5-10,12H2,1-4H3,(H,26,27,28).